The van der Waals surface area contributed by atoms with E-state index in [-0.39, 0.29) is 12.5 Å². The van der Waals surface area contributed by atoms with Crippen LogP contribution in [-0.2, 0) is 20.2 Å². The highest BCUT2D eigenvalue weighted by Crippen LogP contribution is 2.22. The Hall–Kier alpha value is -3.61. The van der Waals surface area contributed by atoms with E-state index in [1.165, 1.54) is 0 Å². The summed E-state index contributed by atoms with van der Waals surface area (Å²) in [5.41, 5.74) is 4.32. The van der Waals surface area contributed by atoms with Gasteiger partial charge in [0.2, 0.25) is 0 Å². The maximum atomic E-state index is 13.0. The number of carbonyl (C=O) groups excluding carboxylic acids is 1. The molecule has 0 fully saturated rings. The number of imidazole rings is 1. The van der Waals surface area contributed by atoms with Crippen LogP contribution in [0, 0.1) is 6.92 Å². The van der Waals surface area contributed by atoms with Gasteiger partial charge in [-0.05, 0) is 30.7 Å². The quantitative estimate of drug-likeness (QED) is 0.508. The van der Waals surface area contributed by atoms with Gasteiger partial charge in [0.25, 0.3) is 5.91 Å². The summed E-state index contributed by atoms with van der Waals surface area (Å²) in [6.07, 6.45) is 7.57. The molecule has 0 saturated heterocycles. The first-order valence-corrected chi connectivity index (χ1v) is 9.39. The van der Waals surface area contributed by atoms with Crippen LogP contribution in [0.3, 0.4) is 0 Å². The van der Waals surface area contributed by atoms with Crippen molar-refractivity contribution >= 4 is 11.6 Å². The summed E-state index contributed by atoms with van der Waals surface area (Å²) in [4.78, 5) is 19.3. The van der Waals surface area contributed by atoms with Crippen LogP contribution in [0.4, 0.5) is 0 Å². The molecule has 1 aromatic carbocycles. The van der Waals surface area contributed by atoms with E-state index in [9.17, 15) is 4.79 Å². The van der Waals surface area contributed by atoms with Crippen LogP contribution >= 0.6 is 0 Å². The number of nitrogens with zero attached hydrogens (tertiary/aromatic N) is 5. The highest BCUT2D eigenvalue weighted by atomic mass is 16.5. The van der Waals surface area contributed by atoms with Gasteiger partial charge in [-0.1, -0.05) is 18.2 Å². The molecule has 0 saturated carbocycles. The van der Waals surface area contributed by atoms with Crippen molar-refractivity contribution in [1.82, 2.24) is 24.1 Å². The van der Waals surface area contributed by atoms with Crippen molar-refractivity contribution in [3.63, 3.8) is 0 Å². The average Bonchev–Trinajstić information content (AvgIpc) is 3.32. The molecule has 0 aliphatic carbocycles. The Morgan fingerprint density at radius 3 is 2.76 bits per heavy atom. The molecule has 0 N–H and O–H groups in total. The number of para-hydroxylation sites is 1. The third kappa shape index (κ3) is 3.99. The normalized spacial score (nSPS) is 11.0. The van der Waals surface area contributed by atoms with Gasteiger partial charge in [-0.25, -0.2) is 4.98 Å². The predicted octanol–water partition coefficient (Wildman–Crippen LogP) is 3.23. The zero-order valence-electron chi connectivity index (χ0n) is 16.7. The molecule has 0 unspecified atom stereocenters. The van der Waals surface area contributed by atoms with Gasteiger partial charge in [0.15, 0.2) is 0 Å². The average molecular weight is 389 g/mol. The highest BCUT2D eigenvalue weighted by Gasteiger charge is 2.17. The zero-order valence-corrected chi connectivity index (χ0v) is 16.7. The lowest BCUT2D eigenvalue weighted by Gasteiger charge is -2.18. The van der Waals surface area contributed by atoms with Crippen molar-refractivity contribution in [2.24, 2.45) is 7.05 Å². The first-order chi connectivity index (χ1) is 14.0. The second-order valence-electron chi connectivity index (χ2n) is 7.12. The number of hydrogen-bond donors (Lipinski definition) is 0. The lowest BCUT2D eigenvalue weighted by Crippen LogP contribution is -2.26. The van der Waals surface area contributed by atoms with E-state index in [2.05, 4.69) is 10.1 Å². The number of carbonyl (C=O) groups is 1. The maximum Gasteiger partial charge on any atom is 0.257 e. The second kappa shape index (κ2) is 7.79. The fraction of sp³-hybridized carbons (Fsp3) is 0.227. The number of ether oxygens (including phenoxy) is 1. The largest absolute Gasteiger partial charge is 0.486 e. The van der Waals surface area contributed by atoms with Crippen molar-refractivity contribution in [2.75, 3.05) is 7.05 Å². The van der Waals surface area contributed by atoms with Gasteiger partial charge in [0.1, 0.15) is 18.0 Å². The minimum Gasteiger partial charge on any atom is -0.486 e. The molecule has 0 radical (unpaired) electrons. The van der Waals surface area contributed by atoms with Crippen molar-refractivity contribution < 1.29 is 9.53 Å². The molecular weight excluding hydrogens is 366 g/mol. The molecule has 4 rings (SSSR count). The number of aryl methyl sites for hydroxylation is 2. The molecule has 0 atom stereocenters. The monoisotopic (exact) mass is 389 g/mol. The summed E-state index contributed by atoms with van der Waals surface area (Å²) in [5.74, 6) is 0.444. The van der Waals surface area contributed by atoms with Crippen molar-refractivity contribution in [2.45, 2.75) is 20.1 Å². The third-order valence-electron chi connectivity index (χ3n) is 4.75. The number of benzene rings is 1. The van der Waals surface area contributed by atoms with Crippen molar-refractivity contribution in [3.8, 4) is 5.75 Å². The SMILES string of the molecule is Cc1cccn2cc(COc3ccccc3C(=O)N(C)Cc3cnn(C)c3)nc12. The molecule has 7 nitrogen and oxygen atoms in total. The molecule has 0 bridgehead atoms. The molecule has 29 heavy (non-hydrogen) atoms. The first kappa shape index (κ1) is 18.7. The number of aromatic nitrogens is 4. The molecule has 0 aliphatic rings. The Labute approximate surface area is 169 Å². The number of amides is 1. The molecule has 1 amide bonds. The molecule has 3 heterocycles. The Kier molecular flexibility index (Phi) is 5.03. The minimum atomic E-state index is -0.102. The van der Waals surface area contributed by atoms with Crippen LogP contribution < -0.4 is 4.74 Å². The molecule has 7 heteroatoms. The van der Waals surface area contributed by atoms with E-state index in [4.69, 9.17) is 4.74 Å². The fourth-order valence-corrected chi connectivity index (χ4v) is 3.30. The maximum absolute atomic E-state index is 13.0. The molecule has 0 spiro atoms. The van der Waals surface area contributed by atoms with Gasteiger partial charge in [0.05, 0.1) is 17.5 Å². The number of pyridine rings is 1. The van der Waals surface area contributed by atoms with Gasteiger partial charge in [-0.15, -0.1) is 0 Å². The number of fused-ring (bicyclic) bond motifs is 1. The van der Waals surface area contributed by atoms with Crippen molar-refractivity contribution in [3.05, 3.63) is 83.6 Å². The van der Waals surface area contributed by atoms with Gasteiger partial charge in [-0.3, -0.25) is 9.48 Å². The molecular formula is C22H23N5O2. The minimum absolute atomic E-state index is 0.102. The Morgan fingerprint density at radius 2 is 2.00 bits per heavy atom. The summed E-state index contributed by atoms with van der Waals surface area (Å²) >= 11 is 0. The zero-order chi connectivity index (χ0) is 20.4. The summed E-state index contributed by atoms with van der Waals surface area (Å²) < 4.78 is 9.68. The third-order valence-corrected chi connectivity index (χ3v) is 4.75. The Bertz CT molecular complexity index is 1160. The first-order valence-electron chi connectivity index (χ1n) is 9.39. The van der Waals surface area contributed by atoms with E-state index >= 15 is 0 Å². The van der Waals surface area contributed by atoms with E-state index in [1.807, 2.05) is 67.3 Å². The van der Waals surface area contributed by atoms with E-state index in [0.29, 0.717) is 17.9 Å². The van der Waals surface area contributed by atoms with Gasteiger partial charge in [-0.2, -0.15) is 5.10 Å². The van der Waals surface area contributed by atoms with Crippen LogP contribution in [0.25, 0.3) is 5.65 Å². The van der Waals surface area contributed by atoms with Gasteiger partial charge >= 0.3 is 0 Å². The van der Waals surface area contributed by atoms with E-state index < -0.39 is 0 Å². The van der Waals surface area contributed by atoms with Gasteiger partial charge in [0, 0.05) is 44.8 Å². The van der Waals surface area contributed by atoms with Crippen LogP contribution in [0.1, 0.15) is 27.2 Å². The van der Waals surface area contributed by atoms with E-state index in [1.54, 1.807) is 28.9 Å². The summed E-state index contributed by atoms with van der Waals surface area (Å²) in [6, 6.07) is 11.3. The van der Waals surface area contributed by atoms with Crippen LogP contribution in [0.15, 0.2) is 61.2 Å². The number of hydrogen-bond acceptors (Lipinski definition) is 4. The van der Waals surface area contributed by atoms with Gasteiger partial charge < -0.3 is 14.0 Å². The highest BCUT2D eigenvalue weighted by molar-refractivity contribution is 5.96. The molecule has 0 aliphatic heterocycles. The van der Waals surface area contributed by atoms with E-state index in [0.717, 1.165) is 22.5 Å². The lowest BCUT2D eigenvalue weighted by atomic mass is 10.1. The summed E-state index contributed by atoms with van der Waals surface area (Å²) in [7, 11) is 3.63. The molecule has 148 valence electrons. The molecule has 4 aromatic rings. The second-order valence-corrected chi connectivity index (χ2v) is 7.12. The van der Waals surface area contributed by atoms with Crippen LogP contribution in [0.2, 0.25) is 0 Å². The molecule has 3 aromatic heterocycles. The summed E-state index contributed by atoms with van der Waals surface area (Å²) in [6.45, 7) is 2.80. The van der Waals surface area contributed by atoms with Crippen molar-refractivity contribution in [1.29, 1.82) is 0 Å². The topological polar surface area (TPSA) is 64.7 Å². The fourth-order valence-electron chi connectivity index (χ4n) is 3.30. The predicted molar refractivity (Wildman–Crippen MR) is 110 cm³/mol. The summed E-state index contributed by atoms with van der Waals surface area (Å²) in [5, 5.41) is 4.15. The number of rotatable bonds is 6. The standard InChI is InChI=1S/C22H23N5O2/c1-16-7-6-10-27-14-18(24-21(16)27)15-29-20-9-5-4-8-19(20)22(28)25(2)12-17-11-23-26(3)13-17/h4-11,13-14H,12,15H2,1-3H3. The van der Waals surface area contributed by atoms with Crippen LogP contribution in [0.5, 0.6) is 5.75 Å². The Morgan fingerprint density at radius 1 is 1.17 bits per heavy atom. The lowest BCUT2D eigenvalue weighted by molar-refractivity contribution is 0.0780. The Balaban J connectivity index is 1.49. The smallest absolute Gasteiger partial charge is 0.257 e. The van der Waals surface area contributed by atoms with Crippen LogP contribution in [-0.4, -0.2) is 37.0 Å².